The van der Waals surface area contributed by atoms with Gasteiger partial charge in [-0.1, -0.05) is 50.1 Å². The van der Waals surface area contributed by atoms with Crippen LogP contribution < -0.4 is 4.74 Å². The van der Waals surface area contributed by atoms with Gasteiger partial charge in [0.1, 0.15) is 5.75 Å². The Morgan fingerprint density at radius 1 is 1.19 bits per heavy atom. The fraction of sp³-hybridized carbons (Fsp3) is 0.355. The number of hydrogen-bond acceptors (Lipinski definition) is 4. The van der Waals surface area contributed by atoms with E-state index in [9.17, 15) is 9.90 Å². The SMILES string of the molecule is CCCCC(C)(C)O[C@@H](C(=O)O)c1c(C)cc2ccccc2c1-c1ccc2c3c(ccnc13)CCO2. The first-order chi connectivity index (χ1) is 17.3. The molecule has 4 aromatic rings. The Balaban J connectivity index is 1.81. The third-order valence-electron chi connectivity index (χ3n) is 7.19. The Kier molecular flexibility index (Phi) is 6.44. The molecule has 1 N–H and O–H groups in total. The first-order valence-corrected chi connectivity index (χ1v) is 12.8. The van der Waals surface area contributed by atoms with E-state index in [2.05, 4.69) is 25.1 Å². The van der Waals surface area contributed by atoms with Crippen molar-refractivity contribution in [2.24, 2.45) is 0 Å². The molecular weight excluding hydrogens is 450 g/mol. The summed E-state index contributed by atoms with van der Waals surface area (Å²) >= 11 is 0. The van der Waals surface area contributed by atoms with Crippen LogP contribution in [0.15, 0.2) is 54.7 Å². The molecule has 0 unspecified atom stereocenters. The number of unbranched alkanes of at least 4 members (excludes halogenated alkanes) is 1. The summed E-state index contributed by atoms with van der Waals surface area (Å²) in [4.78, 5) is 17.6. The molecule has 0 amide bonds. The number of rotatable bonds is 8. The lowest BCUT2D eigenvalue weighted by molar-refractivity contribution is -0.163. The fourth-order valence-electron chi connectivity index (χ4n) is 5.45. The number of ether oxygens (including phenoxy) is 2. The monoisotopic (exact) mass is 483 g/mol. The molecule has 1 aliphatic rings. The van der Waals surface area contributed by atoms with Crippen LogP contribution in [-0.2, 0) is 16.0 Å². The summed E-state index contributed by atoms with van der Waals surface area (Å²) in [5.41, 5.74) is 4.79. The average Bonchev–Trinajstić information content (AvgIpc) is 2.86. The summed E-state index contributed by atoms with van der Waals surface area (Å²) in [6.45, 7) is 8.72. The predicted molar refractivity (Wildman–Crippen MR) is 144 cm³/mol. The number of aryl methyl sites for hydroxylation is 1. The van der Waals surface area contributed by atoms with Crippen molar-refractivity contribution in [2.45, 2.75) is 65.1 Å². The summed E-state index contributed by atoms with van der Waals surface area (Å²) in [7, 11) is 0. The Morgan fingerprint density at radius 3 is 2.78 bits per heavy atom. The van der Waals surface area contributed by atoms with E-state index in [-0.39, 0.29) is 0 Å². The number of benzene rings is 3. The van der Waals surface area contributed by atoms with Gasteiger partial charge in [0.2, 0.25) is 0 Å². The topological polar surface area (TPSA) is 68.7 Å². The predicted octanol–water partition coefficient (Wildman–Crippen LogP) is 7.41. The van der Waals surface area contributed by atoms with Gasteiger partial charge in [0.25, 0.3) is 0 Å². The van der Waals surface area contributed by atoms with Crippen LogP contribution in [0.4, 0.5) is 0 Å². The lowest BCUT2D eigenvalue weighted by Gasteiger charge is -2.31. The van der Waals surface area contributed by atoms with Gasteiger partial charge in [-0.05, 0) is 72.9 Å². The van der Waals surface area contributed by atoms with Crippen molar-refractivity contribution in [1.82, 2.24) is 4.98 Å². The van der Waals surface area contributed by atoms with Crippen LogP contribution in [0, 0.1) is 6.92 Å². The van der Waals surface area contributed by atoms with Crippen molar-refractivity contribution in [3.8, 4) is 16.9 Å². The minimum atomic E-state index is -1.11. The minimum Gasteiger partial charge on any atom is -0.493 e. The molecule has 5 rings (SSSR count). The van der Waals surface area contributed by atoms with E-state index in [1.165, 1.54) is 5.56 Å². The van der Waals surface area contributed by atoms with E-state index < -0.39 is 17.7 Å². The summed E-state index contributed by atoms with van der Waals surface area (Å²) in [5.74, 6) is -0.161. The van der Waals surface area contributed by atoms with Gasteiger partial charge in [-0.2, -0.15) is 0 Å². The van der Waals surface area contributed by atoms with Crippen molar-refractivity contribution >= 4 is 27.6 Å². The van der Waals surface area contributed by atoms with Crippen LogP contribution in [0.5, 0.6) is 5.75 Å². The quantitative estimate of drug-likeness (QED) is 0.283. The molecule has 5 nitrogen and oxygen atoms in total. The number of carboxylic acid groups (broad SMARTS) is 1. The molecule has 0 saturated carbocycles. The molecular formula is C31H33NO4. The maximum atomic E-state index is 12.8. The molecule has 36 heavy (non-hydrogen) atoms. The zero-order chi connectivity index (χ0) is 25.4. The highest BCUT2D eigenvalue weighted by Gasteiger charge is 2.34. The van der Waals surface area contributed by atoms with Gasteiger partial charge in [0.15, 0.2) is 6.10 Å². The molecule has 1 aliphatic heterocycles. The molecule has 3 aromatic carbocycles. The van der Waals surface area contributed by atoms with E-state index >= 15 is 0 Å². The van der Waals surface area contributed by atoms with Crippen LogP contribution in [0.3, 0.4) is 0 Å². The van der Waals surface area contributed by atoms with Crippen LogP contribution >= 0.6 is 0 Å². The first-order valence-electron chi connectivity index (χ1n) is 12.8. The molecule has 1 atom stereocenters. The number of aliphatic carboxylic acids is 1. The number of carbonyl (C=O) groups is 1. The van der Waals surface area contributed by atoms with E-state index in [4.69, 9.17) is 14.5 Å². The molecule has 0 saturated heterocycles. The highest BCUT2D eigenvalue weighted by atomic mass is 16.5. The normalized spacial score (nSPS) is 14.1. The smallest absolute Gasteiger partial charge is 0.337 e. The van der Waals surface area contributed by atoms with Crippen LogP contribution in [0.2, 0.25) is 0 Å². The van der Waals surface area contributed by atoms with E-state index in [0.717, 1.165) is 69.8 Å². The lowest BCUT2D eigenvalue weighted by Crippen LogP contribution is -2.31. The number of carboxylic acids is 1. The van der Waals surface area contributed by atoms with Gasteiger partial charge in [-0.25, -0.2) is 4.79 Å². The summed E-state index contributed by atoms with van der Waals surface area (Å²) in [6.07, 6.45) is 4.34. The number of hydrogen-bond donors (Lipinski definition) is 1. The van der Waals surface area contributed by atoms with Gasteiger partial charge in [0.05, 0.1) is 17.7 Å². The standard InChI is InChI=1S/C31H33NO4/c1-5-6-15-31(3,4)36-29(30(33)34)25-19(2)18-21-9-7-8-10-22(21)27(25)23-11-12-24-26-20(14-17-35-24)13-16-32-28(23)26/h7-13,16,18,29H,5-6,14-15,17H2,1-4H3,(H,33,34)/t29-/m1/s1. The van der Waals surface area contributed by atoms with Crippen molar-refractivity contribution < 1.29 is 19.4 Å². The van der Waals surface area contributed by atoms with Gasteiger partial charge >= 0.3 is 5.97 Å². The van der Waals surface area contributed by atoms with Crippen molar-refractivity contribution in [2.75, 3.05) is 6.61 Å². The second-order valence-electron chi connectivity index (χ2n) is 10.3. The van der Waals surface area contributed by atoms with E-state index in [1.807, 2.05) is 57.3 Å². The molecule has 5 heteroatoms. The number of pyridine rings is 1. The fourth-order valence-corrected chi connectivity index (χ4v) is 5.45. The lowest BCUT2D eigenvalue weighted by atomic mass is 9.85. The second kappa shape index (κ2) is 9.55. The molecule has 0 aliphatic carbocycles. The molecule has 0 spiro atoms. The molecule has 2 heterocycles. The Labute approximate surface area is 212 Å². The Bertz CT molecular complexity index is 1450. The number of fused-ring (bicyclic) bond motifs is 1. The van der Waals surface area contributed by atoms with Crippen LogP contribution in [-0.4, -0.2) is 28.3 Å². The summed E-state index contributed by atoms with van der Waals surface area (Å²) in [6, 6.07) is 16.2. The van der Waals surface area contributed by atoms with Gasteiger partial charge in [-0.3, -0.25) is 4.98 Å². The molecule has 0 bridgehead atoms. The van der Waals surface area contributed by atoms with Gasteiger partial charge < -0.3 is 14.6 Å². The maximum absolute atomic E-state index is 12.8. The van der Waals surface area contributed by atoms with Gasteiger partial charge in [0, 0.05) is 29.1 Å². The minimum absolute atomic E-state index is 0.583. The third-order valence-corrected chi connectivity index (χ3v) is 7.19. The largest absolute Gasteiger partial charge is 0.493 e. The molecule has 0 radical (unpaired) electrons. The van der Waals surface area contributed by atoms with E-state index in [0.29, 0.717) is 12.2 Å². The number of nitrogens with zero attached hydrogens (tertiary/aromatic N) is 1. The van der Waals surface area contributed by atoms with Gasteiger partial charge in [-0.15, -0.1) is 0 Å². The summed E-state index contributed by atoms with van der Waals surface area (Å²) < 4.78 is 12.4. The van der Waals surface area contributed by atoms with Crippen molar-refractivity contribution in [3.05, 3.63) is 71.4 Å². The number of aromatic nitrogens is 1. The zero-order valence-electron chi connectivity index (χ0n) is 21.4. The Hall–Kier alpha value is -3.44. The molecule has 0 fully saturated rings. The van der Waals surface area contributed by atoms with Crippen molar-refractivity contribution in [3.63, 3.8) is 0 Å². The maximum Gasteiger partial charge on any atom is 0.337 e. The molecule has 1 aromatic heterocycles. The van der Waals surface area contributed by atoms with Crippen LogP contribution in [0.1, 0.15) is 62.8 Å². The second-order valence-corrected chi connectivity index (χ2v) is 10.3. The third kappa shape index (κ3) is 4.33. The van der Waals surface area contributed by atoms with Crippen molar-refractivity contribution in [1.29, 1.82) is 0 Å². The zero-order valence-corrected chi connectivity index (χ0v) is 21.4. The average molecular weight is 484 g/mol. The summed E-state index contributed by atoms with van der Waals surface area (Å²) in [5, 5.41) is 13.5. The Morgan fingerprint density at radius 2 is 2.00 bits per heavy atom. The molecule has 186 valence electrons. The highest BCUT2D eigenvalue weighted by Crippen LogP contribution is 2.45. The first kappa shape index (κ1) is 24.3. The highest BCUT2D eigenvalue weighted by molar-refractivity contribution is 6.08. The van der Waals surface area contributed by atoms with Crippen LogP contribution in [0.25, 0.3) is 32.8 Å². The van der Waals surface area contributed by atoms with E-state index in [1.54, 1.807) is 0 Å².